The number of nitro benzene ring substituents is 1. The maximum absolute atomic E-state index is 12.6. The molecule has 1 aliphatic heterocycles. The number of nitrogens with zero attached hydrogens (tertiary/aromatic N) is 3. The molecule has 0 unspecified atom stereocenters. The molecule has 9 heteroatoms. The normalized spacial score (nSPS) is 14.2. The van der Waals surface area contributed by atoms with E-state index in [9.17, 15) is 14.9 Å². The van der Waals surface area contributed by atoms with Crippen molar-refractivity contribution in [2.45, 2.75) is 6.54 Å². The lowest BCUT2D eigenvalue weighted by molar-refractivity contribution is -0.385. The molecule has 3 aromatic rings. The molecule has 0 aliphatic carbocycles. The van der Waals surface area contributed by atoms with Gasteiger partial charge in [-0.3, -0.25) is 19.8 Å². The second-order valence-electron chi connectivity index (χ2n) is 7.75. The molecule has 0 saturated carbocycles. The maximum Gasteiger partial charge on any atom is 0.282 e. The highest BCUT2D eigenvalue weighted by atomic mass is 35.5. The predicted molar refractivity (Wildman–Crippen MR) is 131 cm³/mol. The smallest absolute Gasteiger partial charge is 0.282 e. The molecular weight excluding hydrogens is 463 g/mol. The molecule has 0 atom stereocenters. The topological polar surface area (TPSA) is 78.7 Å². The number of piperazine rings is 1. The zero-order valence-corrected chi connectivity index (χ0v) is 19.2. The van der Waals surface area contributed by atoms with Gasteiger partial charge in [0.1, 0.15) is 5.56 Å². The minimum atomic E-state index is -0.573. The first-order valence-electron chi connectivity index (χ1n) is 10.5. The van der Waals surface area contributed by atoms with Gasteiger partial charge in [-0.25, -0.2) is 0 Å². The molecule has 170 valence electrons. The van der Waals surface area contributed by atoms with Crippen molar-refractivity contribution in [2.75, 3.05) is 36.4 Å². The monoisotopic (exact) mass is 484 g/mol. The van der Waals surface area contributed by atoms with Gasteiger partial charge in [-0.15, -0.1) is 0 Å². The summed E-state index contributed by atoms with van der Waals surface area (Å²) in [6.45, 7) is 4.17. The van der Waals surface area contributed by atoms with E-state index < -0.39 is 10.8 Å². The van der Waals surface area contributed by atoms with Crippen molar-refractivity contribution >= 4 is 46.2 Å². The van der Waals surface area contributed by atoms with Crippen LogP contribution < -0.4 is 10.2 Å². The molecule has 1 heterocycles. The van der Waals surface area contributed by atoms with Crippen LogP contribution in [-0.4, -0.2) is 41.9 Å². The molecule has 3 aromatic carbocycles. The Bertz CT molecular complexity index is 1180. The number of anilines is 2. The van der Waals surface area contributed by atoms with Crippen LogP contribution in [0.5, 0.6) is 0 Å². The van der Waals surface area contributed by atoms with Crippen LogP contribution in [0.1, 0.15) is 15.9 Å². The van der Waals surface area contributed by atoms with Crippen molar-refractivity contribution in [3.63, 3.8) is 0 Å². The number of carbonyl (C=O) groups excluding carboxylic acids is 1. The number of rotatable bonds is 6. The molecule has 0 spiro atoms. The first-order chi connectivity index (χ1) is 15.9. The SMILES string of the molecule is O=C(Nc1ccc(N2CCN(Cc3ccccc3Cl)CC2)c(Cl)c1)c1ccccc1[N+](=O)[O-]. The molecule has 0 bridgehead atoms. The lowest BCUT2D eigenvalue weighted by atomic mass is 10.1. The number of para-hydroxylation sites is 1. The Morgan fingerprint density at radius 1 is 0.939 bits per heavy atom. The molecule has 4 rings (SSSR count). The molecule has 1 aliphatic rings. The number of nitrogens with one attached hydrogen (secondary N) is 1. The van der Waals surface area contributed by atoms with Gasteiger partial charge in [0.2, 0.25) is 0 Å². The van der Waals surface area contributed by atoms with Crippen LogP contribution in [0.2, 0.25) is 10.0 Å². The average molecular weight is 485 g/mol. The number of benzene rings is 3. The number of hydrogen-bond donors (Lipinski definition) is 1. The van der Waals surface area contributed by atoms with Crippen LogP contribution in [0.25, 0.3) is 0 Å². The molecule has 0 aromatic heterocycles. The number of carbonyl (C=O) groups is 1. The quantitative estimate of drug-likeness (QED) is 0.370. The van der Waals surface area contributed by atoms with Crippen molar-refractivity contribution < 1.29 is 9.72 Å². The van der Waals surface area contributed by atoms with Gasteiger partial charge in [-0.2, -0.15) is 0 Å². The Kier molecular flexibility index (Phi) is 7.13. The van der Waals surface area contributed by atoms with E-state index in [1.54, 1.807) is 18.2 Å². The maximum atomic E-state index is 12.6. The summed E-state index contributed by atoms with van der Waals surface area (Å²) in [4.78, 5) is 27.7. The van der Waals surface area contributed by atoms with Crippen LogP contribution in [0.3, 0.4) is 0 Å². The minimum Gasteiger partial charge on any atom is -0.368 e. The lowest BCUT2D eigenvalue weighted by Gasteiger charge is -2.36. The summed E-state index contributed by atoms with van der Waals surface area (Å²) in [5, 5.41) is 15.2. The summed E-state index contributed by atoms with van der Waals surface area (Å²) in [5.74, 6) is -0.556. The summed E-state index contributed by atoms with van der Waals surface area (Å²) in [6.07, 6.45) is 0. The van der Waals surface area contributed by atoms with E-state index in [2.05, 4.69) is 15.1 Å². The van der Waals surface area contributed by atoms with E-state index in [1.807, 2.05) is 30.3 Å². The third-order valence-corrected chi connectivity index (χ3v) is 6.29. The summed E-state index contributed by atoms with van der Waals surface area (Å²) in [6, 6.07) is 19.0. The Labute approximate surface area is 201 Å². The van der Waals surface area contributed by atoms with Gasteiger partial charge in [-0.05, 0) is 35.9 Å². The number of nitro groups is 1. The highest BCUT2D eigenvalue weighted by Gasteiger charge is 2.22. The first kappa shape index (κ1) is 23.0. The number of amides is 1. The Morgan fingerprint density at radius 2 is 1.64 bits per heavy atom. The van der Waals surface area contributed by atoms with E-state index >= 15 is 0 Å². The fraction of sp³-hybridized carbons (Fsp3) is 0.208. The van der Waals surface area contributed by atoms with Gasteiger partial charge in [0.25, 0.3) is 11.6 Å². The third-order valence-electron chi connectivity index (χ3n) is 5.62. The summed E-state index contributed by atoms with van der Waals surface area (Å²) in [7, 11) is 0. The van der Waals surface area contributed by atoms with E-state index in [-0.39, 0.29) is 11.3 Å². The molecular formula is C24H22Cl2N4O3. The van der Waals surface area contributed by atoms with Crippen LogP contribution >= 0.6 is 23.2 Å². The minimum absolute atomic E-state index is 0.00246. The molecule has 1 amide bonds. The van der Waals surface area contributed by atoms with Gasteiger partial charge in [0.05, 0.1) is 15.6 Å². The molecule has 7 nitrogen and oxygen atoms in total. The van der Waals surface area contributed by atoms with Crippen molar-refractivity contribution in [3.05, 3.63) is 98.0 Å². The number of halogens is 2. The second kappa shape index (κ2) is 10.2. The van der Waals surface area contributed by atoms with Crippen LogP contribution in [0.15, 0.2) is 66.7 Å². The van der Waals surface area contributed by atoms with Crippen molar-refractivity contribution in [3.8, 4) is 0 Å². The Morgan fingerprint density at radius 3 is 2.33 bits per heavy atom. The molecule has 33 heavy (non-hydrogen) atoms. The van der Waals surface area contributed by atoms with E-state index in [0.717, 1.165) is 49.0 Å². The molecule has 0 radical (unpaired) electrons. The van der Waals surface area contributed by atoms with Gasteiger partial charge in [0.15, 0.2) is 0 Å². The zero-order chi connectivity index (χ0) is 23.4. The zero-order valence-electron chi connectivity index (χ0n) is 17.7. The summed E-state index contributed by atoms with van der Waals surface area (Å²) in [5.41, 5.74) is 2.23. The van der Waals surface area contributed by atoms with E-state index in [1.165, 1.54) is 18.2 Å². The fourth-order valence-corrected chi connectivity index (χ4v) is 4.37. The lowest BCUT2D eigenvalue weighted by Crippen LogP contribution is -2.46. The van der Waals surface area contributed by atoms with Gasteiger partial charge < -0.3 is 10.2 Å². The second-order valence-corrected chi connectivity index (χ2v) is 8.56. The molecule has 1 fully saturated rings. The van der Waals surface area contributed by atoms with E-state index in [4.69, 9.17) is 23.2 Å². The highest BCUT2D eigenvalue weighted by Crippen LogP contribution is 2.30. The molecule has 1 saturated heterocycles. The fourth-order valence-electron chi connectivity index (χ4n) is 3.88. The third kappa shape index (κ3) is 5.45. The van der Waals surface area contributed by atoms with Gasteiger partial charge in [0, 0.05) is 49.5 Å². The highest BCUT2D eigenvalue weighted by molar-refractivity contribution is 6.33. The summed E-state index contributed by atoms with van der Waals surface area (Å²) < 4.78 is 0. The average Bonchev–Trinajstić information content (AvgIpc) is 2.81. The first-order valence-corrected chi connectivity index (χ1v) is 11.2. The van der Waals surface area contributed by atoms with Gasteiger partial charge in [-0.1, -0.05) is 53.5 Å². The van der Waals surface area contributed by atoms with Crippen molar-refractivity contribution in [2.24, 2.45) is 0 Å². The van der Waals surface area contributed by atoms with Crippen LogP contribution in [0, 0.1) is 10.1 Å². The van der Waals surface area contributed by atoms with E-state index in [0.29, 0.717) is 10.7 Å². The summed E-state index contributed by atoms with van der Waals surface area (Å²) >= 11 is 12.8. The Hall–Kier alpha value is -3.13. The number of hydrogen-bond acceptors (Lipinski definition) is 5. The van der Waals surface area contributed by atoms with Crippen LogP contribution in [0.4, 0.5) is 17.1 Å². The molecule has 1 N–H and O–H groups in total. The Balaban J connectivity index is 1.39. The van der Waals surface area contributed by atoms with Crippen molar-refractivity contribution in [1.82, 2.24) is 4.90 Å². The largest absolute Gasteiger partial charge is 0.368 e. The predicted octanol–water partition coefficient (Wildman–Crippen LogP) is 5.48. The van der Waals surface area contributed by atoms with Crippen LogP contribution in [-0.2, 0) is 6.54 Å². The van der Waals surface area contributed by atoms with Gasteiger partial charge >= 0.3 is 0 Å². The van der Waals surface area contributed by atoms with Crippen molar-refractivity contribution in [1.29, 1.82) is 0 Å². The standard InChI is InChI=1S/C24H22Cl2N4O3/c25-20-7-3-1-5-17(20)16-28-11-13-29(14-12-28)23-10-9-18(15-21(23)26)27-24(31)19-6-2-4-8-22(19)30(32)33/h1-10,15H,11-14,16H2,(H,27,31).